The number of hydrogen-bond donors (Lipinski definition) is 3. The first-order valence-electron chi connectivity index (χ1n) is 14.0. The summed E-state index contributed by atoms with van der Waals surface area (Å²) in [5.74, 6) is -5.70. The van der Waals surface area contributed by atoms with Crippen molar-refractivity contribution in [2.75, 3.05) is 19.7 Å². The Morgan fingerprint density at radius 2 is 1.88 bits per heavy atom. The van der Waals surface area contributed by atoms with Crippen molar-refractivity contribution < 1.29 is 33.2 Å². The molecule has 3 aliphatic rings. The van der Waals surface area contributed by atoms with Crippen LogP contribution in [0.3, 0.4) is 0 Å². The number of carbonyl (C=O) groups excluding carboxylic acids is 2. The Kier molecular flexibility index (Phi) is 8.78. The normalized spacial score (nSPS) is 26.1. The largest absolute Gasteiger partial charge is 0.475 e. The third kappa shape index (κ3) is 6.11. The van der Waals surface area contributed by atoms with Crippen molar-refractivity contribution in [3.05, 3.63) is 35.9 Å². The van der Waals surface area contributed by atoms with Crippen LogP contribution in [0.5, 0.6) is 0 Å². The molecular formula is C28H39BF2N4O5. The summed E-state index contributed by atoms with van der Waals surface area (Å²) in [6.07, 6.45) is 1.78. The predicted octanol–water partition coefficient (Wildman–Crippen LogP) is 2.75. The van der Waals surface area contributed by atoms with E-state index >= 15 is 0 Å². The molecule has 1 aromatic rings. The molecule has 3 fully saturated rings. The molecule has 1 aromatic carbocycles. The number of rotatable bonds is 10. The molecule has 2 unspecified atom stereocenters. The molecule has 12 heteroatoms. The average Bonchev–Trinajstić information content (AvgIpc) is 3.59. The lowest BCUT2D eigenvalue weighted by atomic mass is 9.76. The van der Waals surface area contributed by atoms with Gasteiger partial charge in [0.25, 0.3) is 5.92 Å². The molecule has 0 radical (unpaired) electrons. The number of nitriles is 1. The van der Waals surface area contributed by atoms with Crippen molar-refractivity contribution in [2.45, 2.75) is 88.3 Å². The molecule has 40 heavy (non-hydrogen) atoms. The summed E-state index contributed by atoms with van der Waals surface area (Å²) in [7, 11) is -1.80. The minimum Gasteiger partial charge on any atom is -0.447 e. The zero-order valence-corrected chi connectivity index (χ0v) is 23.4. The number of hydrogen-bond acceptors (Lipinski definition) is 7. The number of alkyl halides is 2. The predicted molar refractivity (Wildman–Crippen MR) is 144 cm³/mol. The maximum absolute atomic E-state index is 14.0. The lowest BCUT2D eigenvalue weighted by molar-refractivity contribution is -0.142. The molecule has 4 rings (SSSR count). The number of carbonyl (C=O) groups is 2. The Bertz CT molecular complexity index is 1110. The average molecular weight is 560 g/mol. The number of alkyl carbamates (subject to hydrolysis) is 1. The highest BCUT2D eigenvalue weighted by Crippen LogP contribution is 2.48. The van der Waals surface area contributed by atoms with Crippen molar-refractivity contribution in [1.29, 1.82) is 5.26 Å². The van der Waals surface area contributed by atoms with Gasteiger partial charge in [-0.25, -0.2) is 13.6 Å². The van der Waals surface area contributed by atoms with E-state index in [9.17, 15) is 33.7 Å². The minimum atomic E-state index is -2.79. The Morgan fingerprint density at radius 1 is 1.23 bits per heavy atom. The van der Waals surface area contributed by atoms with Gasteiger partial charge in [-0.2, -0.15) is 5.26 Å². The lowest BCUT2D eigenvalue weighted by Crippen LogP contribution is -2.56. The first-order valence-corrected chi connectivity index (χ1v) is 14.0. The monoisotopic (exact) mass is 560 g/mol. The van der Waals surface area contributed by atoms with E-state index in [1.54, 1.807) is 30.6 Å². The summed E-state index contributed by atoms with van der Waals surface area (Å²) in [6.45, 7) is 5.09. The molecule has 3 heterocycles. The third-order valence-electron chi connectivity index (χ3n) is 9.44. The molecule has 0 saturated carbocycles. The SMILES string of the molecule is CC(C(C#N)C(=O)N1C2CCC1(COC(=O)N[C@@H](Cc1ccccc1)B(O)O)CC2)C(C)(C)N1CCC(F)(F)C1. The van der Waals surface area contributed by atoms with Crippen LogP contribution in [0.15, 0.2) is 30.3 Å². The summed E-state index contributed by atoms with van der Waals surface area (Å²) in [4.78, 5) is 30.0. The fraction of sp³-hybridized carbons (Fsp3) is 0.679. The number of likely N-dealkylation sites (tertiary alicyclic amines) is 1. The maximum atomic E-state index is 14.0. The first-order chi connectivity index (χ1) is 18.8. The Morgan fingerprint density at radius 3 is 2.42 bits per heavy atom. The van der Waals surface area contributed by atoms with Gasteiger partial charge in [-0.05, 0) is 57.4 Å². The van der Waals surface area contributed by atoms with Crippen molar-refractivity contribution in [1.82, 2.24) is 15.1 Å². The second kappa shape index (κ2) is 11.6. The van der Waals surface area contributed by atoms with Crippen molar-refractivity contribution >= 4 is 19.1 Å². The number of ether oxygens (including phenoxy) is 1. The van der Waals surface area contributed by atoms with Gasteiger partial charge >= 0.3 is 13.2 Å². The molecule has 0 spiro atoms. The Hall–Kier alpha value is -2.75. The van der Waals surface area contributed by atoms with Gasteiger partial charge in [-0.1, -0.05) is 37.3 Å². The van der Waals surface area contributed by atoms with E-state index in [1.165, 1.54) is 0 Å². The van der Waals surface area contributed by atoms with Crippen LogP contribution in [-0.2, 0) is 16.0 Å². The number of nitrogens with zero attached hydrogens (tertiary/aromatic N) is 3. The summed E-state index contributed by atoms with van der Waals surface area (Å²) in [5.41, 5.74) is -0.759. The van der Waals surface area contributed by atoms with Crippen LogP contribution in [0.25, 0.3) is 0 Å². The van der Waals surface area contributed by atoms with Crippen LogP contribution in [0, 0.1) is 23.2 Å². The van der Waals surface area contributed by atoms with Crippen LogP contribution < -0.4 is 5.32 Å². The van der Waals surface area contributed by atoms with E-state index in [2.05, 4.69) is 11.4 Å². The third-order valence-corrected chi connectivity index (χ3v) is 9.44. The van der Waals surface area contributed by atoms with E-state index in [0.29, 0.717) is 12.8 Å². The summed E-state index contributed by atoms with van der Waals surface area (Å²) in [6, 6.07) is 11.2. The molecule has 9 nitrogen and oxygen atoms in total. The molecule has 3 aliphatic heterocycles. The highest BCUT2D eigenvalue weighted by atomic mass is 19.3. The van der Waals surface area contributed by atoms with Crippen molar-refractivity contribution in [3.8, 4) is 6.07 Å². The molecule has 3 saturated heterocycles. The number of halogens is 2. The summed E-state index contributed by atoms with van der Waals surface area (Å²) >= 11 is 0. The molecule has 2 bridgehead atoms. The molecular weight excluding hydrogens is 521 g/mol. The lowest BCUT2D eigenvalue weighted by Gasteiger charge is -2.43. The number of amides is 2. The Labute approximate surface area is 234 Å². The van der Waals surface area contributed by atoms with Crippen LogP contribution in [-0.4, -0.2) is 87.6 Å². The first kappa shape index (κ1) is 30.2. The highest BCUT2D eigenvalue weighted by molar-refractivity contribution is 6.43. The van der Waals surface area contributed by atoms with Gasteiger partial charge < -0.3 is 25.0 Å². The van der Waals surface area contributed by atoms with Gasteiger partial charge in [-0.15, -0.1) is 0 Å². The molecule has 3 N–H and O–H groups in total. The summed E-state index contributed by atoms with van der Waals surface area (Å²) in [5, 5.41) is 32.2. The van der Waals surface area contributed by atoms with E-state index < -0.39 is 54.5 Å². The number of benzene rings is 1. The zero-order valence-electron chi connectivity index (χ0n) is 23.4. The fourth-order valence-electron chi connectivity index (χ4n) is 6.60. The van der Waals surface area contributed by atoms with Crippen LogP contribution in [0.1, 0.15) is 58.4 Å². The highest BCUT2D eigenvalue weighted by Gasteiger charge is 2.57. The standard InChI is InChI=1S/C28H39BF2N4O5/c1-19(26(2,3)34-14-13-28(30,31)17-34)22(16-32)24(36)35-21-9-11-27(35,12-10-21)18-40-25(37)33-23(29(38)39)15-20-7-5-4-6-8-20/h4-8,19,21-23,38-39H,9-15,17-18H2,1-3H3,(H,33,37)/t19?,21?,22?,23-,27?/m0/s1. The van der Waals surface area contributed by atoms with E-state index in [0.717, 1.165) is 18.4 Å². The molecule has 0 aliphatic carbocycles. The molecule has 2 amide bonds. The van der Waals surface area contributed by atoms with Gasteiger partial charge in [0.15, 0.2) is 0 Å². The topological polar surface area (TPSA) is 126 Å². The zero-order chi connectivity index (χ0) is 29.3. The molecule has 3 atom stereocenters. The van der Waals surface area contributed by atoms with Crippen molar-refractivity contribution in [3.63, 3.8) is 0 Å². The quantitative estimate of drug-likeness (QED) is 0.376. The van der Waals surface area contributed by atoms with Gasteiger partial charge in [0.05, 0.1) is 24.1 Å². The molecule has 0 aromatic heterocycles. The van der Waals surface area contributed by atoms with Crippen LogP contribution >= 0.6 is 0 Å². The van der Waals surface area contributed by atoms with Gasteiger partial charge in [0.1, 0.15) is 12.5 Å². The van der Waals surface area contributed by atoms with Crippen molar-refractivity contribution in [2.24, 2.45) is 11.8 Å². The Balaban J connectivity index is 1.42. The minimum absolute atomic E-state index is 0.0773. The molecule has 218 valence electrons. The van der Waals surface area contributed by atoms with Gasteiger partial charge in [-0.3, -0.25) is 9.69 Å². The van der Waals surface area contributed by atoms with E-state index in [4.69, 9.17) is 4.74 Å². The smallest absolute Gasteiger partial charge is 0.447 e. The van der Waals surface area contributed by atoms with Gasteiger partial charge in [0.2, 0.25) is 5.91 Å². The van der Waals surface area contributed by atoms with E-state index in [1.807, 2.05) is 30.3 Å². The second-order valence-electron chi connectivity index (χ2n) is 12.2. The van der Waals surface area contributed by atoms with Crippen LogP contribution in [0.2, 0.25) is 0 Å². The number of fused-ring (bicyclic) bond motifs is 2. The summed E-state index contributed by atoms with van der Waals surface area (Å²) < 4.78 is 33.5. The maximum Gasteiger partial charge on any atom is 0.475 e. The van der Waals surface area contributed by atoms with Crippen LogP contribution in [0.4, 0.5) is 13.6 Å². The van der Waals surface area contributed by atoms with Gasteiger partial charge in [0, 0.05) is 24.5 Å². The fourth-order valence-corrected chi connectivity index (χ4v) is 6.60. The number of nitrogens with one attached hydrogen (secondary N) is 1. The van der Waals surface area contributed by atoms with E-state index in [-0.39, 0.29) is 37.9 Å². The second-order valence-corrected chi connectivity index (χ2v) is 12.2.